The van der Waals surface area contributed by atoms with E-state index < -0.39 is 0 Å². The lowest BCUT2D eigenvalue weighted by molar-refractivity contribution is 0.370. The summed E-state index contributed by atoms with van der Waals surface area (Å²) in [5, 5.41) is 3.43. The molecule has 1 heterocycles. The maximum atomic E-state index is 5.44. The van der Waals surface area contributed by atoms with Crippen molar-refractivity contribution < 1.29 is 4.74 Å². The van der Waals surface area contributed by atoms with Crippen molar-refractivity contribution in [1.29, 1.82) is 0 Å². The van der Waals surface area contributed by atoms with E-state index in [2.05, 4.69) is 42.5 Å². The molecule has 1 aromatic carbocycles. The summed E-state index contributed by atoms with van der Waals surface area (Å²) in [7, 11) is 5.96. The van der Waals surface area contributed by atoms with Gasteiger partial charge in [-0.3, -0.25) is 0 Å². The van der Waals surface area contributed by atoms with Gasteiger partial charge in [0.2, 0.25) is 0 Å². The molecule has 3 nitrogen and oxygen atoms in total. The number of hydrogen-bond acceptors (Lipinski definition) is 3. The van der Waals surface area contributed by atoms with E-state index >= 15 is 0 Å². The van der Waals surface area contributed by atoms with Crippen LogP contribution in [0.25, 0.3) is 0 Å². The summed E-state index contributed by atoms with van der Waals surface area (Å²) in [6.45, 7) is 3.30. The van der Waals surface area contributed by atoms with Gasteiger partial charge in [-0.25, -0.2) is 0 Å². The monoisotopic (exact) mass is 262 g/mol. The van der Waals surface area contributed by atoms with Crippen LogP contribution in [-0.2, 0) is 13.0 Å². The molecule has 0 atom stereocenters. The van der Waals surface area contributed by atoms with Crippen molar-refractivity contribution >= 4 is 0 Å². The third kappa shape index (κ3) is 4.51. The van der Waals surface area contributed by atoms with E-state index in [1.807, 2.05) is 0 Å². The van der Waals surface area contributed by atoms with Gasteiger partial charge in [-0.2, -0.15) is 0 Å². The van der Waals surface area contributed by atoms with E-state index in [4.69, 9.17) is 4.74 Å². The normalized spacial score (nSPS) is 16.8. The highest BCUT2D eigenvalue weighted by Crippen LogP contribution is 2.23. The van der Waals surface area contributed by atoms with Crippen molar-refractivity contribution in [3.8, 4) is 5.75 Å². The molecule has 0 unspecified atom stereocenters. The molecule has 1 aliphatic heterocycles. The minimum atomic E-state index is 0.820. The van der Waals surface area contributed by atoms with Crippen molar-refractivity contribution in [2.24, 2.45) is 5.92 Å². The summed E-state index contributed by atoms with van der Waals surface area (Å²) in [5.41, 5.74) is 2.76. The van der Waals surface area contributed by atoms with E-state index in [1.165, 1.54) is 43.5 Å². The predicted molar refractivity (Wildman–Crippen MR) is 79.7 cm³/mol. The largest absolute Gasteiger partial charge is 0.497 e. The molecule has 0 saturated carbocycles. The van der Waals surface area contributed by atoms with Crippen LogP contribution in [0.5, 0.6) is 5.75 Å². The maximum Gasteiger partial charge on any atom is 0.119 e. The summed E-state index contributed by atoms with van der Waals surface area (Å²) in [6, 6.07) is 6.68. The molecule has 1 aromatic rings. The zero-order valence-corrected chi connectivity index (χ0v) is 12.4. The fourth-order valence-corrected chi connectivity index (χ4v) is 2.84. The van der Waals surface area contributed by atoms with Gasteiger partial charge >= 0.3 is 0 Å². The molecule has 0 aliphatic carbocycles. The Bertz CT molecular complexity index is 398. The Labute approximate surface area is 116 Å². The average molecular weight is 262 g/mol. The Kier molecular flexibility index (Phi) is 5.23. The number of nitrogens with one attached hydrogen (secondary N) is 1. The Morgan fingerprint density at radius 3 is 2.47 bits per heavy atom. The molecule has 0 spiro atoms. The first kappa shape index (κ1) is 14.4. The van der Waals surface area contributed by atoms with E-state index in [-0.39, 0.29) is 0 Å². The Hall–Kier alpha value is -1.06. The van der Waals surface area contributed by atoms with Crippen LogP contribution in [0.2, 0.25) is 0 Å². The zero-order chi connectivity index (χ0) is 13.7. The van der Waals surface area contributed by atoms with E-state index in [0.29, 0.717) is 0 Å². The molecule has 19 heavy (non-hydrogen) atoms. The minimum Gasteiger partial charge on any atom is -0.497 e. The van der Waals surface area contributed by atoms with Gasteiger partial charge in [0, 0.05) is 6.54 Å². The molecule has 0 bridgehead atoms. The Balaban J connectivity index is 2.09. The Morgan fingerprint density at radius 2 is 1.84 bits per heavy atom. The number of ether oxygens (including phenoxy) is 1. The van der Waals surface area contributed by atoms with Crippen LogP contribution in [-0.4, -0.2) is 39.2 Å². The SMILES string of the molecule is COc1cc(CC2CCNCC2)cc(CN(C)C)c1. The van der Waals surface area contributed by atoms with E-state index in [1.54, 1.807) is 7.11 Å². The molecule has 1 aliphatic rings. The first-order valence-corrected chi connectivity index (χ1v) is 7.19. The Morgan fingerprint density at radius 1 is 1.16 bits per heavy atom. The second kappa shape index (κ2) is 6.92. The molecule has 2 rings (SSSR count). The second-order valence-corrected chi connectivity index (χ2v) is 5.82. The van der Waals surface area contributed by atoms with Crippen molar-refractivity contribution in [3.05, 3.63) is 29.3 Å². The van der Waals surface area contributed by atoms with Gasteiger partial charge in [0.05, 0.1) is 7.11 Å². The van der Waals surface area contributed by atoms with Gasteiger partial charge in [0.1, 0.15) is 5.75 Å². The smallest absolute Gasteiger partial charge is 0.119 e. The van der Waals surface area contributed by atoms with Crippen LogP contribution >= 0.6 is 0 Å². The quantitative estimate of drug-likeness (QED) is 0.881. The van der Waals surface area contributed by atoms with Crippen LogP contribution in [0.1, 0.15) is 24.0 Å². The molecule has 0 aromatic heterocycles. The first-order chi connectivity index (χ1) is 9.17. The van der Waals surface area contributed by atoms with Gasteiger partial charge in [-0.1, -0.05) is 6.07 Å². The van der Waals surface area contributed by atoms with Gasteiger partial charge in [0.25, 0.3) is 0 Å². The lowest BCUT2D eigenvalue weighted by atomic mass is 9.90. The number of hydrogen-bond donors (Lipinski definition) is 1. The van der Waals surface area contributed by atoms with E-state index in [0.717, 1.165) is 18.2 Å². The van der Waals surface area contributed by atoms with Crippen LogP contribution in [0.3, 0.4) is 0 Å². The van der Waals surface area contributed by atoms with Crippen LogP contribution < -0.4 is 10.1 Å². The van der Waals surface area contributed by atoms with Crippen molar-refractivity contribution in [3.63, 3.8) is 0 Å². The molecule has 3 heteroatoms. The van der Waals surface area contributed by atoms with Gasteiger partial charge in [-0.15, -0.1) is 0 Å². The van der Waals surface area contributed by atoms with Crippen LogP contribution in [0, 0.1) is 5.92 Å². The standard InChI is InChI=1S/C16H26N2O/c1-18(2)12-15-9-14(10-16(11-15)19-3)8-13-4-6-17-7-5-13/h9-11,13,17H,4-8,12H2,1-3H3. The topological polar surface area (TPSA) is 24.5 Å². The molecule has 106 valence electrons. The highest BCUT2D eigenvalue weighted by Gasteiger charge is 2.14. The van der Waals surface area contributed by atoms with Gasteiger partial charge < -0.3 is 15.0 Å². The van der Waals surface area contributed by atoms with Crippen molar-refractivity contribution in [2.75, 3.05) is 34.3 Å². The number of piperidine rings is 1. The fraction of sp³-hybridized carbons (Fsp3) is 0.625. The highest BCUT2D eigenvalue weighted by atomic mass is 16.5. The number of methoxy groups -OCH3 is 1. The first-order valence-electron chi connectivity index (χ1n) is 7.19. The number of rotatable bonds is 5. The number of nitrogens with zero attached hydrogens (tertiary/aromatic N) is 1. The third-order valence-electron chi connectivity index (χ3n) is 3.74. The third-order valence-corrected chi connectivity index (χ3v) is 3.74. The van der Waals surface area contributed by atoms with Crippen LogP contribution in [0.15, 0.2) is 18.2 Å². The lowest BCUT2D eigenvalue weighted by Crippen LogP contribution is -2.28. The minimum absolute atomic E-state index is 0.820. The predicted octanol–water partition coefficient (Wildman–Crippen LogP) is 2.30. The maximum absolute atomic E-state index is 5.44. The fourth-order valence-electron chi connectivity index (χ4n) is 2.84. The van der Waals surface area contributed by atoms with E-state index in [9.17, 15) is 0 Å². The van der Waals surface area contributed by atoms with Crippen molar-refractivity contribution in [1.82, 2.24) is 10.2 Å². The summed E-state index contributed by atoms with van der Waals surface area (Å²) in [6.07, 6.45) is 3.76. The summed E-state index contributed by atoms with van der Waals surface area (Å²) in [5.74, 6) is 1.81. The molecule has 0 radical (unpaired) electrons. The summed E-state index contributed by atoms with van der Waals surface area (Å²) in [4.78, 5) is 2.20. The molecule has 0 amide bonds. The lowest BCUT2D eigenvalue weighted by Gasteiger charge is -2.23. The second-order valence-electron chi connectivity index (χ2n) is 5.82. The molecule has 1 N–H and O–H groups in total. The molecule has 1 fully saturated rings. The van der Waals surface area contributed by atoms with Gasteiger partial charge in [-0.05, 0) is 75.6 Å². The highest BCUT2D eigenvalue weighted by molar-refractivity contribution is 5.34. The summed E-state index contributed by atoms with van der Waals surface area (Å²) >= 11 is 0. The molecular weight excluding hydrogens is 236 g/mol. The molecular formula is C16H26N2O. The average Bonchev–Trinajstić information content (AvgIpc) is 2.38. The zero-order valence-electron chi connectivity index (χ0n) is 12.4. The molecule has 1 saturated heterocycles. The van der Waals surface area contributed by atoms with Crippen LogP contribution in [0.4, 0.5) is 0 Å². The van der Waals surface area contributed by atoms with Crippen molar-refractivity contribution in [2.45, 2.75) is 25.8 Å². The van der Waals surface area contributed by atoms with Gasteiger partial charge in [0.15, 0.2) is 0 Å². The number of benzene rings is 1. The summed E-state index contributed by atoms with van der Waals surface area (Å²) < 4.78 is 5.44.